The number of rotatable bonds is 3. The molecule has 1 N–H and O–H groups in total. The summed E-state index contributed by atoms with van der Waals surface area (Å²) in [5.41, 5.74) is 0. The van der Waals surface area contributed by atoms with Crippen LogP contribution >= 0.6 is 23.7 Å². The number of nitrogens with zero attached hydrogens (tertiary/aromatic N) is 3. The number of hydrogen-bond donors (Lipinski definition) is 1. The number of carbonyl (C=O) groups excluding carboxylic acids is 2. The van der Waals surface area contributed by atoms with E-state index in [0.717, 1.165) is 37.3 Å². The number of carbonyl (C=O) groups is 2. The Bertz CT molecular complexity index is 645. The number of nitrogens with one attached hydrogen (secondary N) is 1. The second-order valence-corrected chi connectivity index (χ2v) is 7.04. The molecule has 0 spiro atoms. The minimum atomic E-state index is -0.502. The first-order valence-corrected chi connectivity index (χ1v) is 8.94. The van der Waals surface area contributed by atoms with Gasteiger partial charge in [0.25, 0.3) is 5.91 Å². The summed E-state index contributed by atoms with van der Waals surface area (Å²) in [7, 11) is 0. The third kappa shape index (κ3) is 4.28. The van der Waals surface area contributed by atoms with Crippen molar-refractivity contribution in [1.82, 2.24) is 15.1 Å². The summed E-state index contributed by atoms with van der Waals surface area (Å²) in [5.74, 6) is -0.285. The lowest BCUT2D eigenvalue weighted by molar-refractivity contribution is -0.380. The summed E-state index contributed by atoms with van der Waals surface area (Å²) in [6.07, 6.45) is 2.34. The zero-order chi connectivity index (χ0) is 17.1. The summed E-state index contributed by atoms with van der Waals surface area (Å²) in [4.78, 5) is 39.5. The maximum absolute atomic E-state index is 12.8. The van der Waals surface area contributed by atoms with Crippen LogP contribution in [-0.4, -0.2) is 65.3 Å². The van der Waals surface area contributed by atoms with Crippen LogP contribution in [0, 0.1) is 10.1 Å². The highest BCUT2D eigenvalue weighted by Crippen LogP contribution is 2.28. The average molecular weight is 389 g/mol. The molecule has 25 heavy (non-hydrogen) atoms. The Hall–Kier alpha value is -1.71. The summed E-state index contributed by atoms with van der Waals surface area (Å²) in [6, 6.07) is 2.36. The van der Waals surface area contributed by atoms with Crippen LogP contribution in [0.2, 0.25) is 0 Å². The van der Waals surface area contributed by atoms with Gasteiger partial charge in [-0.3, -0.25) is 19.7 Å². The zero-order valence-corrected chi connectivity index (χ0v) is 15.3. The van der Waals surface area contributed by atoms with E-state index in [0.29, 0.717) is 30.9 Å². The monoisotopic (exact) mass is 388 g/mol. The molecule has 3 heterocycles. The van der Waals surface area contributed by atoms with Crippen LogP contribution in [0.1, 0.15) is 28.9 Å². The van der Waals surface area contributed by atoms with E-state index in [-0.39, 0.29) is 29.2 Å². The van der Waals surface area contributed by atoms with Crippen LogP contribution < -0.4 is 5.32 Å². The fourth-order valence-electron chi connectivity index (χ4n) is 3.23. The van der Waals surface area contributed by atoms with Crippen LogP contribution in [0.15, 0.2) is 12.1 Å². The van der Waals surface area contributed by atoms with Crippen molar-refractivity contribution in [1.29, 1.82) is 0 Å². The highest BCUT2D eigenvalue weighted by atomic mass is 35.5. The molecule has 0 aromatic carbocycles. The minimum absolute atomic E-state index is 0. The molecule has 1 unspecified atom stereocenters. The smallest absolute Gasteiger partial charge is 0.324 e. The van der Waals surface area contributed by atoms with Gasteiger partial charge in [0.2, 0.25) is 5.91 Å². The second kappa shape index (κ2) is 8.59. The Labute approximate surface area is 155 Å². The SMILES string of the molecule is Cl.O=C(C1CCCN1C(=O)c1ccc([N+](=O)[O-])s1)N1CCCNCC1. The fourth-order valence-corrected chi connectivity index (χ4v) is 4.00. The van der Waals surface area contributed by atoms with E-state index in [1.54, 1.807) is 4.90 Å². The van der Waals surface area contributed by atoms with Crippen molar-refractivity contribution in [3.63, 3.8) is 0 Å². The maximum atomic E-state index is 12.8. The summed E-state index contributed by atoms with van der Waals surface area (Å²) >= 11 is 0.863. The van der Waals surface area contributed by atoms with Gasteiger partial charge in [-0.25, -0.2) is 0 Å². The van der Waals surface area contributed by atoms with Gasteiger partial charge in [-0.2, -0.15) is 0 Å². The first-order chi connectivity index (χ1) is 11.6. The van der Waals surface area contributed by atoms with Gasteiger partial charge in [0.05, 0.1) is 9.80 Å². The molecule has 8 nitrogen and oxygen atoms in total. The predicted octanol–water partition coefficient (Wildman–Crippen LogP) is 1.50. The van der Waals surface area contributed by atoms with E-state index in [1.807, 2.05) is 4.90 Å². The zero-order valence-electron chi connectivity index (χ0n) is 13.7. The number of halogens is 1. The van der Waals surface area contributed by atoms with Crippen LogP contribution in [0.25, 0.3) is 0 Å². The molecule has 0 bridgehead atoms. The van der Waals surface area contributed by atoms with Crippen molar-refractivity contribution in [2.75, 3.05) is 32.7 Å². The number of amides is 2. The predicted molar refractivity (Wildman–Crippen MR) is 96.3 cm³/mol. The Morgan fingerprint density at radius 2 is 2.00 bits per heavy atom. The Balaban J connectivity index is 0.00000225. The van der Waals surface area contributed by atoms with E-state index < -0.39 is 11.0 Å². The van der Waals surface area contributed by atoms with Crippen molar-refractivity contribution < 1.29 is 14.5 Å². The van der Waals surface area contributed by atoms with E-state index in [2.05, 4.69) is 5.32 Å². The van der Waals surface area contributed by atoms with Gasteiger partial charge >= 0.3 is 5.00 Å². The fraction of sp³-hybridized carbons (Fsp3) is 0.600. The number of nitro groups is 1. The molecule has 0 radical (unpaired) electrons. The molecule has 1 atom stereocenters. The van der Waals surface area contributed by atoms with Crippen LogP contribution in [0.4, 0.5) is 5.00 Å². The summed E-state index contributed by atoms with van der Waals surface area (Å²) in [6.45, 7) is 3.54. The van der Waals surface area contributed by atoms with Crippen LogP contribution in [0.5, 0.6) is 0 Å². The molecule has 138 valence electrons. The van der Waals surface area contributed by atoms with Crippen molar-refractivity contribution in [2.24, 2.45) is 0 Å². The quantitative estimate of drug-likeness (QED) is 0.625. The maximum Gasteiger partial charge on any atom is 0.324 e. The molecule has 10 heteroatoms. The van der Waals surface area contributed by atoms with Gasteiger partial charge in [-0.05, 0) is 31.9 Å². The van der Waals surface area contributed by atoms with Gasteiger partial charge < -0.3 is 15.1 Å². The molecule has 2 aliphatic heterocycles. The molecule has 2 aliphatic rings. The van der Waals surface area contributed by atoms with Gasteiger partial charge in [-0.1, -0.05) is 11.3 Å². The first-order valence-electron chi connectivity index (χ1n) is 8.12. The van der Waals surface area contributed by atoms with Crippen molar-refractivity contribution in [3.8, 4) is 0 Å². The van der Waals surface area contributed by atoms with E-state index in [4.69, 9.17) is 0 Å². The van der Waals surface area contributed by atoms with Gasteiger partial charge in [-0.15, -0.1) is 12.4 Å². The highest BCUT2D eigenvalue weighted by Gasteiger charge is 2.37. The molecule has 0 saturated carbocycles. The molecule has 0 aliphatic carbocycles. The van der Waals surface area contributed by atoms with Gasteiger partial charge in [0.15, 0.2) is 0 Å². The van der Waals surface area contributed by atoms with Crippen molar-refractivity contribution in [2.45, 2.75) is 25.3 Å². The van der Waals surface area contributed by atoms with E-state index in [9.17, 15) is 19.7 Å². The van der Waals surface area contributed by atoms with Gasteiger partial charge in [0.1, 0.15) is 6.04 Å². The summed E-state index contributed by atoms with van der Waals surface area (Å²) in [5, 5.41) is 14.0. The topological polar surface area (TPSA) is 95.8 Å². The molecule has 3 rings (SSSR count). The largest absolute Gasteiger partial charge is 0.340 e. The van der Waals surface area contributed by atoms with Crippen LogP contribution in [-0.2, 0) is 4.79 Å². The first kappa shape index (κ1) is 19.6. The highest BCUT2D eigenvalue weighted by molar-refractivity contribution is 7.17. The Morgan fingerprint density at radius 3 is 2.72 bits per heavy atom. The molecule has 1 aromatic heterocycles. The van der Waals surface area contributed by atoms with E-state index >= 15 is 0 Å². The lowest BCUT2D eigenvalue weighted by Gasteiger charge is -2.29. The molecular formula is C15H21ClN4O4S. The Kier molecular flexibility index (Phi) is 6.74. The number of hydrogen-bond acceptors (Lipinski definition) is 6. The minimum Gasteiger partial charge on any atom is -0.340 e. The average Bonchev–Trinajstić information content (AvgIpc) is 3.17. The molecule has 2 amide bonds. The molecule has 1 aromatic rings. The normalized spacial score (nSPS) is 20.7. The number of likely N-dealkylation sites (tertiary alicyclic amines) is 1. The molecular weight excluding hydrogens is 368 g/mol. The Morgan fingerprint density at radius 1 is 1.20 bits per heavy atom. The lowest BCUT2D eigenvalue weighted by Crippen LogP contribution is -2.48. The third-order valence-corrected chi connectivity index (χ3v) is 5.46. The van der Waals surface area contributed by atoms with Crippen molar-refractivity contribution in [3.05, 3.63) is 27.1 Å². The number of thiophene rings is 1. The summed E-state index contributed by atoms with van der Waals surface area (Å²) < 4.78 is 0. The van der Waals surface area contributed by atoms with Crippen molar-refractivity contribution >= 4 is 40.6 Å². The lowest BCUT2D eigenvalue weighted by atomic mass is 10.2. The second-order valence-electron chi connectivity index (χ2n) is 5.98. The molecule has 2 saturated heterocycles. The third-order valence-electron chi connectivity index (χ3n) is 4.43. The van der Waals surface area contributed by atoms with Gasteiger partial charge in [0, 0.05) is 32.2 Å². The van der Waals surface area contributed by atoms with Crippen LogP contribution in [0.3, 0.4) is 0 Å². The molecule has 2 fully saturated rings. The standard InChI is InChI=1S/C15H20N4O4S.ClH/c20-14(17-8-2-6-16-7-10-17)11-3-1-9-18(11)15(21)12-4-5-13(24-12)19(22)23;/h4-5,11,16H,1-3,6-10H2;1H. The van der Waals surface area contributed by atoms with E-state index in [1.165, 1.54) is 12.1 Å².